The monoisotopic (exact) mass is 417 g/mol. The van der Waals surface area contributed by atoms with Crippen molar-refractivity contribution >= 4 is 17.6 Å². The molecule has 3 atom stereocenters. The molecule has 1 aromatic carbocycles. The highest BCUT2D eigenvalue weighted by Crippen LogP contribution is 2.43. The van der Waals surface area contributed by atoms with E-state index in [1.165, 1.54) is 19.4 Å². The number of carbonyl (C=O) groups is 2. The van der Waals surface area contributed by atoms with Crippen molar-refractivity contribution in [2.45, 2.75) is 19.4 Å². The number of carboxylic acid groups (broad SMARTS) is 2. The fraction of sp³-hybridized carbons (Fsp3) is 0.524. The Hall–Kier alpha value is -2.78. The van der Waals surface area contributed by atoms with Gasteiger partial charge >= 0.3 is 11.9 Å². The molecule has 1 saturated carbocycles. The second-order valence-corrected chi connectivity index (χ2v) is 8.11. The molecule has 0 amide bonds. The van der Waals surface area contributed by atoms with Crippen LogP contribution in [-0.2, 0) is 16.1 Å². The molecular formula is C21H27N3O6. The molecule has 1 aliphatic heterocycles. The van der Waals surface area contributed by atoms with Crippen molar-refractivity contribution in [1.82, 2.24) is 9.80 Å². The number of rotatable bonds is 5. The van der Waals surface area contributed by atoms with E-state index in [-0.39, 0.29) is 10.6 Å². The summed E-state index contributed by atoms with van der Waals surface area (Å²) in [6.07, 6.45) is 7.59. The highest BCUT2D eigenvalue weighted by atomic mass is 16.6. The summed E-state index contributed by atoms with van der Waals surface area (Å²) in [6.45, 7) is 6.08. The van der Waals surface area contributed by atoms with Gasteiger partial charge in [-0.2, -0.15) is 0 Å². The quantitative estimate of drug-likeness (QED) is 0.323. The normalized spacial score (nSPS) is 25.5. The Morgan fingerprint density at radius 1 is 1.00 bits per heavy atom. The number of allylic oxidation sites excluding steroid dienone is 2. The molecule has 2 aliphatic carbocycles. The van der Waals surface area contributed by atoms with E-state index in [1.54, 1.807) is 12.1 Å². The molecule has 1 heterocycles. The van der Waals surface area contributed by atoms with Crippen LogP contribution in [0.4, 0.5) is 5.69 Å². The third-order valence-electron chi connectivity index (χ3n) is 6.14. The molecule has 0 spiro atoms. The fourth-order valence-electron chi connectivity index (χ4n) is 4.63. The number of piperazine rings is 1. The van der Waals surface area contributed by atoms with Crippen molar-refractivity contribution in [3.05, 3.63) is 52.1 Å². The first-order valence-corrected chi connectivity index (χ1v) is 10.1. The van der Waals surface area contributed by atoms with Crippen LogP contribution in [0.2, 0.25) is 0 Å². The van der Waals surface area contributed by atoms with Gasteiger partial charge in [-0.15, -0.1) is 0 Å². The predicted octanol–water partition coefficient (Wildman–Crippen LogP) is 2.08. The number of para-hydroxylation sites is 1. The molecule has 0 aromatic heterocycles. The van der Waals surface area contributed by atoms with Crippen molar-refractivity contribution in [2.24, 2.45) is 17.8 Å². The van der Waals surface area contributed by atoms with Crippen LogP contribution in [-0.4, -0.2) is 69.6 Å². The molecule has 9 nitrogen and oxygen atoms in total. The predicted molar refractivity (Wildman–Crippen MR) is 109 cm³/mol. The minimum Gasteiger partial charge on any atom is -0.473 e. The standard InChI is InChI=1S/C19H25N3O2.C2H2O4/c23-22(24)19-4-2-1-3-17(19)13-20-7-9-21(10-8-20)14-18-12-15-5-6-16(18)11-15;3-1(4)2(5)6/h1-6,15-16,18H,7-14H2;(H,3,4)(H,5,6). The summed E-state index contributed by atoms with van der Waals surface area (Å²) in [5.74, 6) is -1.13. The average Bonchev–Trinajstić information content (AvgIpc) is 3.33. The third-order valence-corrected chi connectivity index (χ3v) is 6.14. The maximum absolute atomic E-state index is 11.1. The van der Waals surface area contributed by atoms with E-state index in [0.717, 1.165) is 49.5 Å². The number of fused-ring (bicyclic) bond motifs is 2. The summed E-state index contributed by atoms with van der Waals surface area (Å²) < 4.78 is 0. The van der Waals surface area contributed by atoms with Crippen LogP contribution in [0.15, 0.2) is 36.4 Å². The van der Waals surface area contributed by atoms with Gasteiger partial charge in [0.05, 0.1) is 4.92 Å². The smallest absolute Gasteiger partial charge is 0.414 e. The Bertz CT molecular complexity index is 807. The molecule has 2 N–H and O–H groups in total. The van der Waals surface area contributed by atoms with Crippen LogP contribution in [0.3, 0.4) is 0 Å². The van der Waals surface area contributed by atoms with Crippen LogP contribution in [0.1, 0.15) is 18.4 Å². The van der Waals surface area contributed by atoms with E-state index in [1.807, 2.05) is 12.1 Å². The largest absolute Gasteiger partial charge is 0.473 e. The van der Waals surface area contributed by atoms with Gasteiger partial charge in [0.1, 0.15) is 0 Å². The minimum atomic E-state index is -1.82. The first-order valence-electron chi connectivity index (χ1n) is 10.1. The van der Waals surface area contributed by atoms with Gasteiger partial charge in [0, 0.05) is 50.9 Å². The Kier molecular flexibility index (Phi) is 7.17. The number of nitrogens with zero attached hydrogens (tertiary/aromatic N) is 3. The van der Waals surface area contributed by atoms with Crippen LogP contribution < -0.4 is 0 Å². The molecule has 9 heteroatoms. The lowest BCUT2D eigenvalue weighted by Crippen LogP contribution is -2.47. The molecule has 162 valence electrons. The molecule has 3 aliphatic rings. The zero-order valence-corrected chi connectivity index (χ0v) is 16.7. The topological polar surface area (TPSA) is 124 Å². The zero-order valence-electron chi connectivity index (χ0n) is 16.7. The number of hydrogen-bond acceptors (Lipinski definition) is 6. The van der Waals surface area contributed by atoms with E-state index in [4.69, 9.17) is 19.8 Å². The Morgan fingerprint density at radius 2 is 1.63 bits per heavy atom. The average molecular weight is 417 g/mol. The van der Waals surface area contributed by atoms with Gasteiger partial charge in [-0.25, -0.2) is 9.59 Å². The molecule has 3 unspecified atom stereocenters. The molecule has 1 aromatic rings. The Balaban J connectivity index is 0.000000377. The van der Waals surface area contributed by atoms with Crippen molar-refractivity contribution in [1.29, 1.82) is 0 Å². The van der Waals surface area contributed by atoms with E-state index >= 15 is 0 Å². The second kappa shape index (κ2) is 9.82. The van der Waals surface area contributed by atoms with Gasteiger partial charge in [0.2, 0.25) is 0 Å². The van der Waals surface area contributed by atoms with E-state index in [9.17, 15) is 10.1 Å². The number of hydrogen-bond donors (Lipinski definition) is 2. The van der Waals surface area contributed by atoms with Crippen LogP contribution >= 0.6 is 0 Å². The van der Waals surface area contributed by atoms with Gasteiger partial charge in [-0.1, -0.05) is 30.4 Å². The lowest BCUT2D eigenvalue weighted by Gasteiger charge is -2.36. The van der Waals surface area contributed by atoms with Gasteiger partial charge in [-0.05, 0) is 30.6 Å². The summed E-state index contributed by atoms with van der Waals surface area (Å²) >= 11 is 0. The van der Waals surface area contributed by atoms with Gasteiger partial charge in [0.25, 0.3) is 5.69 Å². The molecule has 4 rings (SSSR count). The highest BCUT2D eigenvalue weighted by molar-refractivity contribution is 6.27. The lowest BCUT2D eigenvalue weighted by atomic mass is 9.93. The molecule has 2 fully saturated rings. The van der Waals surface area contributed by atoms with Crippen LogP contribution in [0, 0.1) is 27.9 Å². The van der Waals surface area contributed by atoms with Gasteiger partial charge in [0.15, 0.2) is 0 Å². The summed E-state index contributed by atoms with van der Waals surface area (Å²) in [7, 11) is 0. The summed E-state index contributed by atoms with van der Waals surface area (Å²) in [5.41, 5.74) is 1.07. The summed E-state index contributed by atoms with van der Waals surface area (Å²) in [4.78, 5) is 34.0. The van der Waals surface area contributed by atoms with Crippen molar-refractivity contribution in [2.75, 3.05) is 32.7 Å². The minimum absolute atomic E-state index is 0.244. The first kappa shape index (κ1) is 21.9. The van der Waals surface area contributed by atoms with Crippen LogP contribution in [0.25, 0.3) is 0 Å². The number of nitro groups is 1. The molecule has 0 radical (unpaired) electrons. The number of carboxylic acids is 2. The van der Waals surface area contributed by atoms with Gasteiger partial charge < -0.3 is 15.1 Å². The SMILES string of the molecule is O=C(O)C(=O)O.O=[N+]([O-])c1ccccc1CN1CCN(CC2CC3C=CC2C3)CC1. The summed E-state index contributed by atoms with van der Waals surface area (Å²) in [5, 5.41) is 25.9. The van der Waals surface area contributed by atoms with Crippen LogP contribution in [0.5, 0.6) is 0 Å². The lowest BCUT2D eigenvalue weighted by molar-refractivity contribution is -0.385. The second-order valence-electron chi connectivity index (χ2n) is 8.11. The molecular weight excluding hydrogens is 390 g/mol. The fourth-order valence-corrected chi connectivity index (χ4v) is 4.63. The molecule has 1 saturated heterocycles. The van der Waals surface area contributed by atoms with Crippen molar-refractivity contribution in [3.63, 3.8) is 0 Å². The molecule has 30 heavy (non-hydrogen) atoms. The van der Waals surface area contributed by atoms with E-state index in [2.05, 4.69) is 22.0 Å². The van der Waals surface area contributed by atoms with E-state index in [0.29, 0.717) is 6.54 Å². The number of benzene rings is 1. The Morgan fingerprint density at radius 3 is 2.17 bits per heavy atom. The zero-order chi connectivity index (χ0) is 21.7. The summed E-state index contributed by atoms with van der Waals surface area (Å²) in [6, 6.07) is 7.12. The number of nitro benzene ring substituents is 1. The molecule has 2 bridgehead atoms. The third kappa shape index (κ3) is 5.64. The number of aliphatic carboxylic acids is 2. The van der Waals surface area contributed by atoms with Crippen molar-refractivity contribution < 1.29 is 24.7 Å². The van der Waals surface area contributed by atoms with E-state index < -0.39 is 11.9 Å². The maximum atomic E-state index is 11.1. The van der Waals surface area contributed by atoms with Gasteiger partial charge in [-0.3, -0.25) is 15.0 Å². The first-order chi connectivity index (χ1) is 14.3. The highest BCUT2D eigenvalue weighted by Gasteiger charge is 2.36. The maximum Gasteiger partial charge on any atom is 0.414 e. The Labute approximate surface area is 174 Å². The van der Waals surface area contributed by atoms with Crippen molar-refractivity contribution in [3.8, 4) is 0 Å².